The molecule has 2 aromatic carbocycles. The molecule has 1 N–H and O–H groups in total. The van der Waals surface area contributed by atoms with E-state index in [0.717, 1.165) is 15.1 Å². The topological polar surface area (TPSA) is 81.3 Å². The summed E-state index contributed by atoms with van der Waals surface area (Å²) in [5.41, 5.74) is 1.89. The van der Waals surface area contributed by atoms with Crippen molar-refractivity contribution in [1.82, 2.24) is 24.7 Å². The Morgan fingerprint density at radius 2 is 1.83 bits per heavy atom. The van der Waals surface area contributed by atoms with Crippen LogP contribution in [0.4, 0.5) is 0 Å². The van der Waals surface area contributed by atoms with Crippen LogP contribution in [0.15, 0.2) is 75.4 Å². The lowest BCUT2D eigenvalue weighted by Gasteiger charge is -2.06. The van der Waals surface area contributed by atoms with Gasteiger partial charge in [-0.15, -0.1) is 5.10 Å². The number of hydrogen-bond acceptors (Lipinski definition) is 5. The highest BCUT2D eigenvalue weighted by Gasteiger charge is 2.13. The summed E-state index contributed by atoms with van der Waals surface area (Å²) in [7, 11) is 0. The fourth-order valence-electron chi connectivity index (χ4n) is 2.80. The molecule has 152 valence electrons. The van der Waals surface area contributed by atoms with E-state index in [4.69, 9.17) is 11.6 Å². The molecule has 0 aliphatic carbocycles. The first-order valence-electron chi connectivity index (χ1n) is 9.21. The number of aromatic nitrogens is 4. The van der Waals surface area contributed by atoms with Crippen LogP contribution in [-0.2, 0) is 17.9 Å². The molecule has 0 bridgehead atoms. The maximum atomic E-state index is 12.6. The Kier molecular flexibility index (Phi) is 5.87. The minimum atomic E-state index is -0.468. The van der Waals surface area contributed by atoms with Crippen LogP contribution in [-0.4, -0.2) is 25.3 Å². The van der Waals surface area contributed by atoms with Crippen molar-refractivity contribution in [3.05, 3.63) is 87.3 Å². The Bertz CT molecular complexity index is 1270. The van der Waals surface area contributed by atoms with Gasteiger partial charge in [-0.05, 0) is 42.8 Å². The number of nitrogens with one attached hydrogen (secondary N) is 1. The second-order valence-corrected chi connectivity index (χ2v) is 8.17. The van der Waals surface area contributed by atoms with E-state index < -0.39 is 5.69 Å². The predicted octanol–water partition coefficient (Wildman–Crippen LogP) is 3.32. The van der Waals surface area contributed by atoms with Gasteiger partial charge >= 0.3 is 5.69 Å². The second-order valence-electron chi connectivity index (χ2n) is 6.67. The van der Waals surface area contributed by atoms with Crippen LogP contribution < -0.4 is 11.0 Å². The minimum absolute atomic E-state index is 0.201. The third-order valence-corrected chi connectivity index (χ3v) is 5.69. The summed E-state index contributed by atoms with van der Waals surface area (Å²) in [5.74, 6) is -0.338. The predicted molar refractivity (Wildman–Crippen MR) is 116 cm³/mol. The molecule has 0 aliphatic rings. The Balaban J connectivity index is 1.47. The van der Waals surface area contributed by atoms with Crippen molar-refractivity contribution >= 4 is 34.9 Å². The van der Waals surface area contributed by atoms with E-state index >= 15 is 0 Å². The molecule has 0 fully saturated rings. The summed E-state index contributed by atoms with van der Waals surface area (Å²) in [6.07, 6.45) is 0. The van der Waals surface area contributed by atoms with E-state index in [9.17, 15) is 9.59 Å². The van der Waals surface area contributed by atoms with Crippen molar-refractivity contribution in [1.29, 1.82) is 0 Å². The lowest BCUT2D eigenvalue weighted by molar-refractivity contribution is -0.122. The van der Waals surface area contributed by atoms with Gasteiger partial charge in [0.25, 0.3) is 0 Å². The fraction of sp³-hybridized carbons (Fsp3) is 0.143. The van der Waals surface area contributed by atoms with Gasteiger partial charge in [-0.25, -0.2) is 9.48 Å². The molecule has 0 unspecified atom stereocenters. The van der Waals surface area contributed by atoms with Crippen LogP contribution in [0.2, 0.25) is 5.02 Å². The molecular weight excluding hydrogens is 422 g/mol. The van der Waals surface area contributed by atoms with Crippen molar-refractivity contribution in [2.24, 2.45) is 0 Å². The fourth-order valence-corrected chi connectivity index (χ4v) is 3.78. The zero-order chi connectivity index (χ0) is 21.1. The molecule has 0 saturated carbocycles. The van der Waals surface area contributed by atoms with Gasteiger partial charge in [0.05, 0.1) is 0 Å². The molecule has 0 saturated heterocycles. The number of amides is 1. The first kappa shape index (κ1) is 20.2. The lowest BCUT2D eigenvalue weighted by Crippen LogP contribution is -2.32. The zero-order valence-corrected chi connectivity index (χ0v) is 17.7. The molecule has 4 rings (SSSR count). The van der Waals surface area contributed by atoms with E-state index in [0.29, 0.717) is 15.7 Å². The molecule has 9 heteroatoms. The molecule has 7 nitrogen and oxygen atoms in total. The van der Waals surface area contributed by atoms with Crippen molar-refractivity contribution in [2.45, 2.75) is 29.9 Å². The van der Waals surface area contributed by atoms with Gasteiger partial charge in [0.2, 0.25) is 5.91 Å². The summed E-state index contributed by atoms with van der Waals surface area (Å²) >= 11 is 7.55. The number of hydrogen-bond donors (Lipinski definition) is 1. The first-order valence-corrected chi connectivity index (χ1v) is 10.4. The Morgan fingerprint density at radius 1 is 1.07 bits per heavy atom. The number of aryl methyl sites for hydroxylation is 1. The molecule has 0 spiro atoms. The highest BCUT2D eigenvalue weighted by atomic mass is 35.5. The number of benzene rings is 2. The third kappa shape index (κ3) is 4.55. The molecule has 1 amide bonds. The Morgan fingerprint density at radius 3 is 2.60 bits per heavy atom. The molecule has 30 heavy (non-hydrogen) atoms. The summed E-state index contributed by atoms with van der Waals surface area (Å²) in [6, 6.07) is 18.8. The largest absolute Gasteiger partial charge is 0.367 e. The number of fused-ring (bicyclic) bond motifs is 1. The van der Waals surface area contributed by atoms with Crippen LogP contribution in [0.3, 0.4) is 0 Å². The molecule has 0 radical (unpaired) electrons. The standard InChI is InChI=1S/C21H18ClN5O2S/c1-14-6-8-16(9-7-14)30-20-11-10-18-24-26(21(29)27(18)25-20)13-19(28)23-12-15-4-2-3-5-17(15)22/h2-11H,12-13H2,1H3,(H,23,28). The van der Waals surface area contributed by atoms with Gasteiger partial charge in [-0.1, -0.05) is 59.3 Å². The quantitative estimate of drug-likeness (QED) is 0.498. The van der Waals surface area contributed by atoms with Gasteiger partial charge in [-0.3, -0.25) is 4.79 Å². The SMILES string of the molecule is Cc1ccc(Sc2ccc3nn(CC(=O)NCc4ccccc4Cl)c(=O)n3n2)cc1. The van der Waals surface area contributed by atoms with Crippen molar-refractivity contribution in [2.75, 3.05) is 0 Å². The van der Waals surface area contributed by atoms with Gasteiger partial charge in [0.15, 0.2) is 5.65 Å². The average molecular weight is 440 g/mol. The number of nitrogens with zero attached hydrogens (tertiary/aromatic N) is 4. The van der Waals surface area contributed by atoms with Crippen molar-refractivity contribution in [3.63, 3.8) is 0 Å². The average Bonchev–Trinajstić information content (AvgIpc) is 3.04. The zero-order valence-electron chi connectivity index (χ0n) is 16.1. The normalized spacial score (nSPS) is 11.0. The summed E-state index contributed by atoms with van der Waals surface area (Å²) in [6.45, 7) is 2.10. The smallest absolute Gasteiger partial charge is 0.350 e. The summed E-state index contributed by atoms with van der Waals surface area (Å²) in [5, 5.41) is 12.5. The molecule has 0 atom stereocenters. The first-order chi connectivity index (χ1) is 14.5. The summed E-state index contributed by atoms with van der Waals surface area (Å²) < 4.78 is 2.31. The maximum Gasteiger partial charge on any atom is 0.367 e. The van der Waals surface area contributed by atoms with Gasteiger partial charge in [-0.2, -0.15) is 9.61 Å². The number of carbonyl (C=O) groups excluding carboxylic acids is 1. The molecular formula is C21H18ClN5O2S. The number of carbonyl (C=O) groups is 1. The van der Waals surface area contributed by atoms with Crippen LogP contribution in [0.5, 0.6) is 0 Å². The van der Waals surface area contributed by atoms with Crippen LogP contribution >= 0.6 is 23.4 Å². The Hall–Kier alpha value is -3.10. The van der Waals surface area contributed by atoms with E-state index in [1.165, 1.54) is 21.8 Å². The molecule has 4 aromatic rings. The van der Waals surface area contributed by atoms with Gasteiger partial charge in [0.1, 0.15) is 11.6 Å². The van der Waals surface area contributed by atoms with E-state index in [1.807, 2.05) is 49.4 Å². The molecule has 2 heterocycles. The van der Waals surface area contributed by atoms with Gasteiger partial charge in [0, 0.05) is 16.5 Å². The van der Waals surface area contributed by atoms with Crippen LogP contribution in [0.25, 0.3) is 5.65 Å². The summed E-state index contributed by atoms with van der Waals surface area (Å²) in [4.78, 5) is 25.9. The molecule has 2 aromatic heterocycles. The highest BCUT2D eigenvalue weighted by molar-refractivity contribution is 7.99. The lowest BCUT2D eigenvalue weighted by atomic mass is 10.2. The van der Waals surface area contributed by atoms with E-state index in [2.05, 4.69) is 15.5 Å². The molecule has 0 aliphatic heterocycles. The Labute approximate surface area is 181 Å². The number of halogens is 1. The van der Waals surface area contributed by atoms with Gasteiger partial charge < -0.3 is 5.32 Å². The second kappa shape index (κ2) is 8.73. The van der Waals surface area contributed by atoms with Crippen LogP contribution in [0.1, 0.15) is 11.1 Å². The highest BCUT2D eigenvalue weighted by Crippen LogP contribution is 2.25. The third-order valence-electron chi connectivity index (χ3n) is 4.39. The van der Waals surface area contributed by atoms with Crippen molar-refractivity contribution < 1.29 is 4.79 Å². The van der Waals surface area contributed by atoms with Crippen molar-refractivity contribution in [3.8, 4) is 0 Å². The maximum absolute atomic E-state index is 12.6. The van der Waals surface area contributed by atoms with E-state index in [-0.39, 0.29) is 19.0 Å². The monoisotopic (exact) mass is 439 g/mol. The van der Waals surface area contributed by atoms with Crippen LogP contribution in [0, 0.1) is 6.92 Å². The van der Waals surface area contributed by atoms with E-state index in [1.54, 1.807) is 18.2 Å². The number of rotatable bonds is 6. The minimum Gasteiger partial charge on any atom is -0.350 e.